The molecule has 2 N–H and O–H groups in total. The van der Waals surface area contributed by atoms with Crippen LogP contribution in [0, 0.1) is 0 Å². The van der Waals surface area contributed by atoms with Gasteiger partial charge in [0.1, 0.15) is 0 Å². The highest BCUT2D eigenvalue weighted by Crippen LogP contribution is 2.06. The van der Waals surface area contributed by atoms with E-state index in [-0.39, 0.29) is 0 Å². The molecule has 0 unspecified atom stereocenters. The molecular formula is C11H12ClN3. The maximum atomic E-state index is 5.74. The van der Waals surface area contributed by atoms with Crippen molar-refractivity contribution in [2.45, 2.75) is 13.1 Å². The highest BCUT2D eigenvalue weighted by Gasteiger charge is 1.95. The summed E-state index contributed by atoms with van der Waals surface area (Å²) in [7, 11) is 0. The third kappa shape index (κ3) is 3.08. The fourth-order valence-corrected chi connectivity index (χ4v) is 1.43. The van der Waals surface area contributed by atoms with Crippen molar-refractivity contribution in [1.82, 2.24) is 15.3 Å². The van der Waals surface area contributed by atoms with Crippen LogP contribution < -0.4 is 5.32 Å². The quantitative estimate of drug-likeness (QED) is 0.832. The fourth-order valence-electron chi connectivity index (χ4n) is 1.31. The minimum absolute atomic E-state index is 0.671. The van der Waals surface area contributed by atoms with E-state index in [1.54, 1.807) is 6.20 Å². The summed E-state index contributed by atoms with van der Waals surface area (Å²) >= 11 is 5.74. The van der Waals surface area contributed by atoms with E-state index in [1.165, 1.54) is 5.56 Å². The monoisotopic (exact) mass is 221 g/mol. The molecular weight excluding hydrogens is 210 g/mol. The van der Waals surface area contributed by atoms with E-state index in [2.05, 4.69) is 15.3 Å². The van der Waals surface area contributed by atoms with Gasteiger partial charge in [0, 0.05) is 31.7 Å². The second kappa shape index (κ2) is 4.96. The van der Waals surface area contributed by atoms with E-state index in [1.807, 2.05) is 30.6 Å². The van der Waals surface area contributed by atoms with Gasteiger partial charge >= 0.3 is 0 Å². The Balaban J connectivity index is 1.81. The lowest BCUT2D eigenvalue weighted by atomic mass is 10.3. The van der Waals surface area contributed by atoms with Crippen molar-refractivity contribution in [2.24, 2.45) is 0 Å². The molecule has 0 radical (unpaired) electrons. The molecule has 0 aliphatic heterocycles. The van der Waals surface area contributed by atoms with Gasteiger partial charge < -0.3 is 10.3 Å². The first-order valence-electron chi connectivity index (χ1n) is 4.77. The zero-order chi connectivity index (χ0) is 10.5. The molecule has 78 valence electrons. The van der Waals surface area contributed by atoms with E-state index >= 15 is 0 Å². The molecule has 0 aliphatic rings. The van der Waals surface area contributed by atoms with Crippen molar-refractivity contribution >= 4 is 11.6 Å². The van der Waals surface area contributed by atoms with E-state index in [0.717, 1.165) is 18.8 Å². The van der Waals surface area contributed by atoms with Crippen LogP contribution in [0.3, 0.4) is 0 Å². The van der Waals surface area contributed by atoms with E-state index in [0.29, 0.717) is 5.02 Å². The topological polar surface area (TPSA) is 40.7 Å². The number of pyridine rings is 1. The molecule has 0 aliphatic carbocycles. The number of rotatable bonds is 4. The number of hydrogen-bond donors (Lipinski definition) is 2. The van der Waals surface area contributed by atoms with Crippen molar-refractivity contribution < 1.29 is 0 Å². The van der Waals surface area contributed by atoms with Crippen LogP contribution in [0.5, 0.6) is 0 Å². The third-order valence-electron chi connectivity index (χ3n) is 2.09. The predicted octanol–water partition coefficient (Wildman–Crippen LogP) is 2.35. The Bertz CT molecular complexity index is 394. The number of H-pyrrole nitrogens is 1. The van der Waals surface area contributed by atoms with Gasteiger partial charge in [-0.3, -0.25) is 4.98 Å². The second-order valence-corrected chi connectivity index (χ2v) is 3.73. The summed E-state index contributed by atoms with van der Waals surface area (Å²) in [6, 6.07) is 5.82. The molecule has 0 amide bonds. The van der Waals surface area contributed by atoms with Crippen LogP contribution in [0.15, 0.2) is 36.8 Å². The molecule has 0 saturated carbocycles. The van der Waals surface area contributed by atoms with E-state index in [4.69, 9.17) is 11.6 Å². The largest absolute Gasteiger partial charge is 0.367 e. The number of halogens is 1. The summed E-state index contributed by atoms with van der Waals surface area (Å²) in [5.41, 5.74) is 2.24. The number of aromatic nitrogens is 2. The van der Waals surface area contributed by atoms with Crippen LogP contribution in [0.2, 0.25) is 5.02 Å². The molecule has 2 heterocycles. The van der Waals surface area contributed by atoms with Crippen LogP contribution in [0.4, 0.5) is 0 Å². The van der Waals surface area contributed by atoms with Crippen molar-refractivity contribution in [2.75, 3.05) is 0 Å². The van der Waals surface area contributed by atoms with Crippen molar-refractivity contribution in [1.29, 1.82) is 0 Å². The van der Waals surface area contributed by atoms with Crippen LogP contribution in [0.25, 0.3) is 0 Å². The maximum absolute atomic E-state index is 5.74. The predicted molar refractivity (Wildman–Crippen MR) is 60.6 cm³/mol. The molecule has 0 spiro atoms. The van der Waals surface area contributed by atoms with Gasteiger partial charge in [-0.2, -0.15) is 0 Å². The molecule has 2 aromatic rings. The van der Waals surface area contributed by atoms with Gasteiger partial charge in [0.2, 0.25) is 0 Å². The number of aromatic amines is 1. The highest BCUT2D eigenvalue weighted by molar-refractivity contribution is 6.30. The lowest BCUT2D eigenvalue weighted by Crippen LogP contribution is -2.12. The molecule has 4 heteroatoms. The summed E-state index contributed by atoms with van der Waals surface area (Å²) in [4.78, 5) is 7.21. The van der Waals surface area contributed by atoms with Gasteiger partial charge in [-0.25, -0.2) is 0 Å². The van der Waals surface area contributed by atoms with Gasteiger partial charge in [0.15, 0.2) is 0 Å². The fraction of sp³-hybridized carbons (Fsp3) is 0.182. The van der Waals surface area contributed by atoms with Gasteiger partial charge in [0.05, 0.1) is 10.7 Å². The first-order valence-corrected chi connectivity index (χ1v) is 5.15. The van der Waals surface area contributed by atoms with Crippen LogP contribution >= 0.6 is 11.6 Å². The van der Waals surface area contributed by atoms with Gasteiger partial charge in [0.25, 0.3) is 0 Å². The van der Waals surface area contributed by atoms with Crippen molar-refractivity contribution in [3.8, 4) is 0 Å². The Morgan fingerprint density at radius 3 is 2.87 bits per heavy atom. The minimum atomic E-state index is 0.671. The zero-order valence-electron chi connectivity index (χ0n) is 8.20. The van der Waals surface area contributed by atoms with Crippen LogP contribution in [-0.2, 0) is 13.1 Å². The molecule has 0 fully saturated rings. The van der Waals surface area contributed by atoms with E-state index < -0.39 is 0 Å². The van der Waals surface area contributed by atoms with Crippen LogP contribution in [0.1, 0.15) is 11.3 Å². The Labute approximate surface area is 93.5 Å². The SMILES string of the molecule is Clc1ccc(CNCc2cc[nH]c2)nc1. The minimum Gasteiger partial charge on any atom is -0.367 e. The summed E-state index contributed by atoms with van der Waals surface area (Å²) in [5, 5.41) is 3.97. The summed E-state index contributed by atoms with van der Waals surface area (Å²) in [6.45, 7) is 1.59. The number of nitrogens with one attached hydrogen (secondary N) is 2. The smallest absolute Gasteiger partial charge is 0.0589 e. The first kappa shape index (κ1) is 10.2. The summed E-state index contributed by atoms with van der Waals surface area (Å²) in [5.74, 6) is 0. The molecule has 15 heavy (non-hydrogen) atoms. The van der Waals surface area contributed by atoms with Gasteiger partial charge in [-0.15, -0.1) is 0 Å². The molecule has 3 nitrogen and oxygen atoms in total. The maximum Gasteiger partial charge on any atom is 0.0589 e. The Morgan fingerprint density at radius 2 is 2.20 bits per heavy atom. The van der Waals surface area contributed by atoms with Crippen molar-refractivity contribution in [3.05, 3.63) is 53.1 Å². The number of nitrogens with zero attached hydrogens (tertiary/aromatic N) is 1. The zero-order valence-corrected chi connectivity index (χ0v) is 8.96. The molecule has 0 saturated heterocycles. The molecule has 0 atom stereocenters. The normalized spacial score (nSPS) is 10.5. The second-order valence-electron chi connectivity index (χ2n) is 3.29. The number of hydrogen-bond acceptors (Lipinski definition) is 2. The van der Waals surface area contributed by atoms with Gasteiger partial charge in [-0.05, 0) is 23.8 Å². The average Bonchev–Trinajstić information content (AvgIpc) is 2.74. The molecule has 0 aromatic carbocycles. The van der Waals surface area contributed by atoms with Crippen molar-refractivity contribution in [3.63, 3.8) is 0 Å². The lowest BCUT2D eigenvalue weighted by molar-refractivity contribution is 0.680. The Hall–Kier alpha value is -1.32. The highest BCUT2D eigenvalue weighted by atomic mass is 35.5. The van der Waals surface area contributed by atoms with Gasteiger partial charge in [-0.1, -0.05) is 11.6 Å². The average molecular weight is 222 g/mol. The standard InChI is InChI=1S/C11H12ClN3/c12-10-1-2-11(15-7-10)8-14-6-9-3-4-13-5-9/h1-5,7,13-14H,6,8H2. The first-order chi connectivity index (χ1) is 7.34. The lowest BCUT2D eigenvalue weighted by Gasteiger charge is -2.02. The Morgan fingerprint density at radius 1 is 1.27 bits per heavy atom. The molecule has 0 bridgehead atoms. The van der Waals surface area contributed by atoms with E-state index in [9.17, 15) is 0 Å². The molecule has 2 aromatic heterocycles. The Kier molecular flexibility index (Phi) is 3.37. The molecule has 2 rings (SSSR count). The summed E-state index contributed by atoms with van der Waals surface area (Å²) < 4.78 is 0. The van der Waals surface area contributed by atoms with Crippen LogP contribution in [-0.4, -0.2) is 9.97 Å². The third-order valence-corrected chi connectivity index (χ3v) is 2.31. The summed E-state index contributed by atoms with van der Waals surface area (Å²) in [6.07, 6.45) is 5.55.